The van der Waals surface area contributed by atoms with Gasteiger partial charge in [-0.3, -0.25) is 0 Å². The van der Waals surface area contributed by atoms with Gasteiger partial charge in [-0.2, -0.15) is 0 Å². The van der Waals surface area contributed by atoms with E-state index in [-0.39, 0.29) is 16.1 Å². The SMILES string of the molecule is CCCOC(=O)NC[C@@H]1CCN(c2nc(-c3ccccc3O)nc3cc(C)ccc23)C1.[HH].[HH].[HH]. The Morgan fingerprint density at radius 2 is 2.13 bits per heavy atom. The molecule has 1 aromatic heterocycles. The molecule has 2 N–H and O–H groups in total. The molecule has 31 heavy (non-hydrogen) atoms. The maximum Gasteiger partial charge on any atom is 0.407 e. The Labute approximate surface area is 186 Å². The fourth-order valence-corrected chi connectivity index (χ4v) is 3.91. The summed E-state index contributed by atoms with van der Waals surface area (Å²) in [6.07, 6.45) is 1.41. The lowest BCUT2D eigenvalue weighted by atomic mass is 10.1. The summed E-state index contributed by atoms with van der Waals surface area (Å²) in [5.74, 6) is 1.85. The van der Waals surface area contributed by atoms with Crippen molar-refractivity contribution in [1.82, 2.24) is 15.3 Å². The van der Waals surface area contributed by atoms with Gasteiger partial charge in [-0.25, -0.2) is 14.8 Å². The molecule has 4 rings (SSSR count). The van der Waals surface area contributed by atoms with Crippen LogP contribution in [0.4, 0.5) is 10.6 Å². The largest absolute Gasteiger partial charge is 0.507 e. The lowest BCUT2D eigenvalue weighted by Crippen LogP contribution is -2.31. The van der Waals surface area contributed by atoms with E-state index in [0.717, 1.165) is 48.2 Å². The first-order chi connectivity index (χ1) is 15.0. The maximum absolute atomic E-state index is 11.8. The molecule has 7 nitrogen and oxygen atoms in total. The number of nitrogens with one attached hydrogen (secondary N) is 1. The summed E-state index contributed by atoms with van der Waals surface area (Å²) in [6.45, 7) is 6.65. The third-order valence-corrected chi connectivity index (χ3v) is 5.53. The predicted octanol–water partition coefficient (Wildman–Crippen LogP) is 5.01. The van der Waals surface area contributed by atoms with Crippen molar-refractivity contribution in [2.45, 2.75) is 26.7 Å². The van der Waals surface area contributed by atoms with Crippen LogP contribution in [0.25, 0.3) is 22.3 Å². The van der Waals surface area contributed by atoms with Gasteiger partial charge in [0, 0.05) is 29.3 Å². The van der Waals surface area contributed by atoms with E-state index in [1.807, 2.05) is 32.0 Å². The molecule has 2 heterocycles. The maximum atomic E-state index is 11.8. The number of amides is 1. The van der Waals surface area contributed by atoms with E-state index in [1.165, 1.54) is 0 Å². The summed E-state index contributed by atoms with van der Waals surface area (Å²) >= 11 is 0. The van der Waals surface area contributed by atoms with Crippen molar-refractivity contribution in [3.63, 3.8) is 0 Å². The second-order valence-corrected chi connectivity index (χ2v) is 8.03. The fraction of sp³-hybridized carbons (Fsp3) is 0.375. The van der Waals surface area contributed by atoms with Crippen LogP contribution in [0.1, 0.15) is 29.6 Å². The summed E-state index contributed by atoms with van der Waals surface area (Å²) in [6, 6.07) is 13.3. The Morgan fingerprint density at radius 1 is 1.29 bits per heavy atom. The summed E-state index contributed by atoms with van der Waals surface area (Å²) in [5.41, 5.74) is 2.59. The number of aryl methyl sites for hydroxylation is 1. The summed E-state index contributed by atoms with van der Waals surface area (Å²) < 4.78 is 5.10. The Balaban J connectivity index is 0.00000193. The number of benzene rings is 2. The second kappa shape index (κ2) is 9.20. The van der Waals surface area contributed by atoms with Crippen LogP contribution in [0.2, 0.25) is 0 Å². The van der Waals surface area contributed by atoms with Crippen molar-refractivity contribution in [3.8, 4) is 17.1 Å². The third-order valence-electron chi connectivity index (χ3n) is 5.53. The van der Waals surface area contributed by atoms with Crippen LogP contribution in [0.3, 0.4) is 0 Å². The minimum Gasteiger partial charge on any atom is -0.507 e. The van der Waals surface area contributed by atoms with Gasteiger partial charge in [-0.15, -0.1) is 0 Å². The van der Waals surface area contributed by atoms with Crippen LogP contribution in [-0.4, -0.2) is 47.4 Å². The van der Waals surface area contributed by atoms with E-state index < -0.39 is 0 Å². The van der Waals surface area contributed by atoms with E-state index in [2.05, 4.69) is 22.3 Å². The molecule has 0 spiro atoms. The number of phenolic OH excluding ortho intramolecular Hbond substituents is 1. The van der Waals surface area contributed by atoms with Gasteiger partial charge in [0.25, 0.3) is 0 Å². The van der Waals surface area contributed by atoms with Crippen LogP contribution in [0.15, 0.2) is 42.5 Å². The molecule has 2 aromatic carbocycles. The molecule has 7 heteroatoms. The monoisotopic (exact) mass is 426 g/mol. The van der Waals surface area contributed by atoms with Crippen LogP contribution in [0.5, 0.6) is 5.75 Å². The van der Waals surface area contributed by atoms with E-state index in [0.29, 0.717) is 30.5 Å². The van der Waals surface area contributed by atoms with Gasteiger partial charge in [0.2, 0.25) is 0 Å². The first-order valence-corrected chi connectivity index (χ1v) is 10.8. The average molecular weight is 427 g/mol. The van der Waals surface area contributed by atoms with E-state index in [1.54, 1.807) is 12.1 Å². The topological polar surface area (TPSA) is 87.6 Å². The molecule has 1 aliphatic heterocycles. The number of carbonyl (C=O) groups excluding carboxylic acids is 1. The highest BCUT2D eigenvalue weighted by atomic mass is 16.5. The van der Waals surface area contributed by atoms with Gasteiger partial charge in [0.1, 0.15) is 11.6 Å². The summed E-state index contributed by atoms with van der Waals surface area (Å²) in [4.78, 5) is 23.6. The molecule has 0 bridgehead atoms. The molecule has 0 radical (unpaired) electrons. The standard InChI is InChI=1S/C24H28N4O3.3H2/c1-3-12-31-24(30)25-14-17-10-11-28(15-17)23-18-9-8-16(2)13-20(18)26-22(27-23)19-6-4-5-7-21(19)29;;;/h4-9,13,17,29H,3,10-12,14-15H2,1-2H3,(H,25,30);3*1H/t17-;;;/m0.../s1. The Kier molecular flexibility index (Phi) is 6.21. The molecule has 1 saturated heterocycles. The zero-order chi connectivity index (χ0) is 21.8. The Morgan fingerprint density at radius 3 is 2.94 bits per heavy atom. The Bertz CT molecular complexity index is 1100. The lowest BCUT2D eigenvalue weighted by molar-refractivity contribution is 0.145. The number of anilines is 1. The van der Waals surface area contributed by atoms with Crippen LogP contribution in [0, 0.1) is 12.8 Å². The van der Waals surface area contributed by atoms with E-state index in [9.17, 15) is 9.90 Å². The number of para-hydroxylation sites is 1. The molecule has 0 unspecified atom stereocenters. The first-order valence-electron chi connectivity index (χ1n) is 10.8. The highest BCUT2D eigenvalue weighted by Gasteiger charge is 2.26. The molecule has 1 atom stereocenters. The molecule has 0 aliphatic carbocycles. The molecular formula is C24H34N4O3. The number of hydrogen-bond acceptors (Lipinski definition) is 6. The van der Waals surface area contributed by atoms with Gasteiger partial charge < -0.3 is 20.1 Å². The molecule has 3 aromatic rings. The van der Waals surface area contributed by atoms with Crippen LogP contribution >= 0.6 is 0 Å². The lowest BCUT2D eigenvalue weighted by Gasteiger charge is -2.21. The van der Waals surface area contributed by atoms with Gasteiger partial charge >= 0.3 is 6.09 Å². The third kappa shape index (κ3) is 4.71. The molecular weight excluding hydrogens is 392 g/mol. The zero-order valence-corrected chi connectivity index (χ0v) is 18.0. The normalized spacial score (nSPS) is 15.9. The van der Waals surface area contributed by atoms with Gasteiger partial charge in [-0.05, 0) is 55.5 Å². The second-order valence-electron chi connectivity index (χ2n) is 8.03. The Hall–Kier alpha value is -3.35. The number of fused-ring (bicyclic) bond motifs is 1. The van der Waals surface area contributed by atoms with Gasteiger partial charge in [-0.1, -0.05) is 25.1 Å². The number of nitrogens with zero attached hydrogens (tertiary/aromatic N) is 3. The molecule has 1 aliphatic rings. The smallest absolute Gasteiger partial charge is 0.407 e. The number of carbonyl (C=O) groups is 1. The number of phenols is 1. The van der Waals surface area contributed by atoms with Crippen molar-refractivity contribution in [3.05, 3.63) is 48.0 Å². The molecule has 1 amide bonds. The number of alkyl carbamates (subject to hydrolysis) is 1. The van der Waals surface area contributed by atoms with Gasteiger partial charge in [0.05, 0.1) is 17.7 Å². The number of ether oxygens (including phenoxy) is 1. The highest BCUT2D eigenvalue weighted by molar-refractivity contribution is 5.92. The molecule has 1 fully saturated rings. The summed E-state index contributed by atoms with van der Waals surface area (Å²) in [5, 5.41) is 14.2. The van der Waals surface area contributed by atoms with Crippen molar-refractivity contribution < 1.29 is 18.9 Å². The number of rotatable bonds is 6. The van der Waals surface area contributed by atoms with Crippen molar-refractivity contribution in [2.75, 3.05) is 31.1 Å². The molecule has 168 valence electrons. The number of aromatic nitrogens is 2. The van der Waals surface area contributed by atoms with E-state index in [4.69, 9.17) is 14.7 Å². The van der Waals surface area contributed by atoms with E-state index >= 15 is 0 Å². The quantitative estimate of drug-likeness (QED) is 0.576. The number of aromatic hydroxyl groups is 1. The van der Waals surface area contributed by atoms with Crippen molar-refractivity contribution >= 4 is 22.8 Å². The minimum atomic E-state index is -0.356. The average Bonchev–Trinajstić information content (AvgIpc) is 3.24. The van der Waals surface area contributed by atoms with Crippen molar-refractivity contribution in [1.29, 1.82) is 0 Å². The van der Waals surface area contributed by atoms with Gasteiger partial charge in [0.15, 0.2) is 5.82 Å². The zero-order valence-electron chi connectivity index (χ0n) is 18.0. The predicted molar refractivity (Wildman–Crippen MR) is 128 cm³/mol. The number of hydrogen-bond donors (Lipinski definition) is 2. The first kappa shape index (κ1) is 20.9. The fourth-order valence-electron chi connectivity index (χ4n) is 3.91. The summed E-state index contributed by atoms with van der Waals surface area (Å²) in [7, 11) is 0. The minimum absolute atomic E-state index is 0. The van der Waals surface area contributed by atoms with Crippen LogP contribution < -0.4 is 10.2 Å². The molecule has 0 saturated carbocycles. The highest BCUT2D eigenvalue weighted by Crippen LogP contribution is 2.33. The van der Waals surface area contributed by atoms with Crippen LogP contribution in [-0.2, 0) is 4.74 Å². The van der Waals surface area contributed by atoms with Crippen molar-refractivity contribution in [2.24, 2.45) is 5.92 Å².